The summed E-state index contributed by atoms with van der Waals surface area (Å²) in [7, 11) is 0. The second-order valence-corrected chi connectivity index (χ2v) is 6.03. The van der Waals surface area contributed by atoms with Crippen LogP contribution in [0.25, 0.3) is 0 Å². The number of nitrogens with zero attached hydrogens (tertiary/aromatic N) is 2. The zero-order valence-electron chi connectivity index (χ0n) is 12.7. The molecule has 0 saturated heterocycles. The fraction of sp³-hybridized carbons (Fsp3) is 0.312. The second kappa shape index (κ2) is 6.63. The first-order chi connectivity index (χ1) is 9.95. The molecule has 0 aliphatic heterocycles. The average Bonchev–Trinajstić information content (AvgIpc) is 2.84. The number of carbonyl (C=O) groups is 1. The number of carbonyl (C=O) groups excluding carboxylic acids is 1. The summed E-state index contributed by atoms with van der Waals surface area (Å²) in [4.78, 5) is 16.1. The highest BCUT2D eigenvalue weighted by Gasteiger charge is 2.06. The molecule has 2 aromatic rings. The van der Waals surface area contributed by atoms with Crippen LogP contribution in [0, 0.1) is 20.8 Å². The van der Waals surface area contributed by atoms with Gasteiger partial charge in [0.15, 0.2) is 0 Å². The van der Waals surface area contributed by atoms with E-state index in [0.717, 1.165) is 22.0 Å². The lowest BCUT2D eigenvalue weighted by atomic mass is 10.0. The van der Waals surface area contributed by atoms with Gasteiger partial charge >= 0.3 is 0 Å². The van der Waals surface area contributed by atoms with Crippen LogP contribution in [-0.4, -0.2) is 16.6 Å². The van der Waals surface area contributed by atoms with Crippen LogP contribution in [0.1, 0.15) is 34.3 Å². The van der Waals surface area contributed by atoms with Gasteiger partial charge in [0.2, 0.25) is 5.91 Å². The molecule has 2 rings (SSSR count). The third-order valence-corrected chi connectivity index (χ3v) is 4.22. The highest BCUT2D eigenvalue weighted by atomic mass is 32.1. The van der Waals surface area contributed by atoms with Gasteiger partial charge in [-0.1, -0.05) is 12.1 Å². The maximum atomic E-state index is 11.8. The van der Waals surface area contributed by atoms with E-state index >= 15 is 0 Å². The number of thiazole rings is 1. The first kappa shape index (κ1) is 15.4. The minimum atomic E-state index is -0.146. The van der Waals surface area contributed by atoms with E-state index < -0.39 is 0 Å². The second-order valence-electron chi connectivity index (χ2n) is 5.09. The Morgan fingerprint density at radius 3 is 2.67 bits per heavy atom. The van der Waals surface area contributed by atoms with E-state index in [-0.39, 0.29) is 12.3 Å². The Morgan fingerprint density at radius 1 is 1.29 bits per heavy atom. The van der Waals surface area contributed by atoms with Gasteiger partial charge in [0.05, 0.1) is 12.1 Å². The van der Waals surface area contributed by atoms with E-state index in [1.54, 1.807) is 0 Å². The number of amides is 1. The molecule has 4 nitrogen and oxygen atoms in total. The zero-order chi connectivity index (χ0) is 15.4. The van der Waals surface area contributed by atoms with Gasteiger partial charge in [-0.3, -0.25) is 4.79 Å². The Bertz CT molecular complexity index is 689. The van der Waals surface area contributed by atoms with Gasteiger partial charge in [0.1, 0.15) is 5.01 Å². The molecule has 0 spiro atoms. The third kappa shape index (κ3) is 4.23. The number of hydrogen-bond donors (Lipinski definition) is 1. The molecule has 1 aromatic heterocycles. The number of hydrazone groups is 1. The molecule has 0 radical (unpaired) electrons. The largest absolute Gasteiger partial charge is 0.273 e. The molecule has 5 heteroatoms. The van der Waals surface area contributed by atoms with Crippen LogP contribution in [0.4, 0.5) is 0 Å². The Hall–Kier alpha value is -2.01. The number of hydrogen-bond acceptors (Lipinski definition) is 4. The number of aromatic nitrogens is 1. The average molecular weight is 301 g/mol. The molecule has 0 aliphatic carbocycles. The summed E-state index contributed by atoms with van der Waals surface area (Å²) in [6, 6.07) is 6.14. The van der Waals surface area contributed by atoms with Crippen LogP contribution >= 0.6 is 11.3 Å². The van der Waals surface area contributed by atoms with E-state index in [1.165, 1.54) is 22.5 Å². The van der Waals surface area contributed by atoms with E-state index in [0.29, 0.717) is 0 Å². The molecule has 0 aliphatic rings. The van der Waals surface area contributed by atoms with E-state index in [4.69, 9.17) is 0 Å². The van der Waals surface area contributed by atoms with Gasteiger partial charge in [0.25, 0.3) is 0 Å². The Labute approximate surface area is 128 Å². The van der Waals surface area contributed by atoms with Gasteiger partial charge < -0.3 is 0 Å². The number of aryl methyl sites for hydroxylation is 3. The quantitative estimate of drug-likeness (QED) is 0.696. The van der Waals surface area contributed by atoms with Crippen LogP contribution in [0.2, 0.25) is 0 Å². The maximum absolute atomic E-state index is 11.8. The lowest BCUT2D eigenvalue weighted by Gasteiger charge is -2.05. The first-order valence-electron chi connectivity index (χ1n) is 6.77. The summed E-state index contributed by atoms with van der Waals surface area (Å²) in [6.45, 7) is 7.94. The first-order valence-corrected chi connectivity index (χ1v) is 7.65. The molecule has 0 unspecified atom stereocenters. The van der Waals surface area contributed by atoms with E-state index in [9.17, 15) is 4.79 Å². The zero-order valence-corrected chi connectivity index (χ0v) is 13.5. The van der Waals surface area contributed by atoms with E-state index in [2.05, 4.69) is 41.5 Å². The molecule has 1 heterocycles. The molecular formula is C16H19N3OS. The van der Waals surface area contributed by atoms with Gasteiger partial charge in [-0.2, -0.15) is 5.10 Å². The van der Waals surface area contributed by atoms with Crippen LogP contribution in [0.5, 0.6) is 0 Å². The third-order valence-electron chi connectivity index (χ3n) is 3.25. The maximum Gasteiger partial charge on any atom is 0.246 e. The fourth-order valence-electron chi connectivity index (χ4n) is 1.84. The topological polar surface area (TPSA) is 54.4 Å². The van der Waals surface area contributed by atoms with Gasteiger partial charge in [-0.25, -0.2) is 10.4 Å². The number of rotatable bonds is 4. The predicted octanol–water partition coefficient (Wildman–Crippen LogP) is 3.15. The normalized spacial score (nSPS) is 11.5. The number of benzene rings is 1. The Kier molecular flexibility index (Phi) is 4.85. The van der Waals surface area contributed by atoms with Crippen molar-refractivity contribution >= 4 is 23.0 Å². The SMILES string of the molecule is C/C(=N/NC(=O)Cc1nc(C)cs1)c1ccc(C)c(C)c1. The molecule has 21 heavy (non-hydrogen) atoms. The molecule has 1 amide bonds. The van der Waals surface area contributed by atoms with Crippen molar-refractivity contribution in [1.29, 1.82) is 0 Å². The minimum Gasteiger partial charge on any atom is -0.273 e. The molecular weight excluding hydrogens is 282 g/mol. The monoisotopic (exact) mass is 301 g/mol. The summed E-state index contributed by atoms with van der Waals surface area (Å²) in [5.41, 5.74) is 7.80. The van der Waals surface area contributed by atoms with Crippen molar-refractivity contribution in [2.45, 2.75) is 34.1 Å². The van der Waals surface area contributed by atoms with Crippen molar-refractivity contribution in [3.05, 3.63) is 51.0 Å². The van der Waals surface area contributed by atoms with Gasteiger partial charge in [-0.15, -0.1) is 11.3 Å². The van der Waals surface area contributed by atoms with E-state index in [1.807, 2.05) is 25.3 Å². The van der Waals surface area contributed by atoms with Crippen molar-refractivity contribution in [1.82, 2.24) is 10.4 Å². The summed E-state index contributed by atoms with van der Waals surface area (Å²) in [5.74, 6) is -0.146. The van der Waals surface area contributed by atoms with Crippen LogP contribution in [-0.2, 0) is 11.2 Å². The highest BCUT2D eigenvalue weighted by Crippen LogP contribution is 2.11. The lowest BCUT2D eigenvalue weighted by molar-refractivity contribution is -0.120. The minimum absolute atomic E-state index is 0.146. The molecule has 0 atom stereocenters. The Morgan fingerprint density at radius 2 is 2.05 bits per heavy atom. The fourth-order valence-corrected chi connectivity index (χ4v) is 2.61. The molecule has 110 valence electrons. The Balaban J connectivity index is 1.99. The summed E-state index contributed by atoms with van der Waals surface area (Å²) in [6.07, 6.45) is 0.266. The van der Waals surface area contributed by atoms with Crippen molar-refractivity contribution in [2.75, 3.05) is 0 Å². The molecule has 1 aromatic carbocycles. The molecule has 0 fully saturated rings. The molecule has 0 bridgehead atoms. The van der Waals surface area contributed by atoms with Crippen LogP contribution < -0.4 is 5.43 Å². The van der Waals surface area contributed by atoms with Crippen LogP contribution in [0.3, 0.4) is 0 Å². The predicted molar refractivity (Wildman–Crippen MR) is 86.8 cm³/mol. The highest BCUT2D eigenvalue weighted by molar-refractivity contribution is 7.09. The lowest BCUT2D eigenvalue weighted by Crippen LogP contribution is -2.21. The standard InChI is InChI=1S/C16H19N3OS/c1-10-5-6-14(7-11(10)2)13(4)18-19-15(20)8-16-17-12(3)9-21-16/h5-7,9H,8H2,1-4H3,(H,19,20)/b18-13-. The molecule has 1 N–H and O–H groups in total. The summed E-state index contributed by atoms with van der Waals surface area (Å²) < 4.78 is 0. The van der Waals surface area contributed by atoms with Crippen molar-refractivity contribution in [3.63, 3.8) is 0 Å². The van der Waals surface area contributed by atoms with Crippen LogP contribution in [0.15, 0.2) is 28.7 Å². The number of nitrogens with one attached hydrogen (secondary N) is 1. The smallest absolute Gasteiger partial charge is 0.246 e. The van der Waals surface area contributed by atoms with Gasteiger partial charge in [0, 0.05) is 11.1 Å². The summed E-state index contributed by atoms with van der Waals surface area (Å²) >= 11 is 1.49. The van der Waals surface area contributed by atoms with Crippen molar-refractivity contribution in [3.8, 4) is 0 Å². The van der Waals surface area contributed by atoms with Crippen molar-refractivity contribution < 1.29 is 4.79 Å². The molecule has 0 saturated carbocycles. The van der Waals surface area contributed by atoms with Gasteiger partial charge in [-0.05, 0) is 50.5 Å². The van der Waals surface area contributed by atoms with Crippen molar-refractivity contribution in [2.24, 2.45) is 5.10 Å². The summed E-state index contributed by atoms with van der Waals surface area (Å²) in [5, 5.41) is 6.91.